The van der Waals surface area contributed by atoms with Gasteiger partial charge in [-0.15, -0.1) is 0 Å². The van der Waals surface area contributed by atoms with Gasteiger partial charge in [0.1, 0.15) is 0 Å². The van der Waals surface area contributed by atoms with E-state index in [2.05, 4.69) is 28.7 Å². The van der Waals surface area contributed by atoms with E-state index in [4.69, 9.17) is 5.11 Å². The Morgan fingerprint density at radius 3 is 2.47 bits per heavy atom. The van der Waals surface area contributed by atoms with Crippen molar-refractivity contribution < 1.29 is 5.11 Å². The lowest BCUT2D eigenvalue weighted by atomic mass is 10.3. The number of nitrogens with zero attached hydrogens (tertiary/aromatic N) is 3. The lowest BCUT2D eigenvalue weighted by Gasteiger charge is -2.21. The summed E-state index contributed by atoms with van der Waals surface area (Å²) in [5.41, 5.74) is 0.678. The highest BCUT2D eigenvalue weighted by atomic mass is 16.3. The molecule has 0 unspecified atom stereocenters. The van der Waals surface area contributed by atoms with E-state index in [9.17, 15) is 0 Å². The zero-order chi connectivity index (χ0) is 11.1. The molecule has 84 valence electrons. The maximum atomic E-state index is 8.99. The summed E-state index contributed by atoms with van der Waals surface area (Å²) < 4.78 is 0. The molecule has 0 saturated heterocycles. The number of aliphatic hydroxyl groups is 1. The summed E-state index contributed by atoms with van der Waals surface area (Å²) in [7, 11) is 0. The maximum absolute atomic E-state index is 8.99. The molecule has 1 heterocycles. The van der Waals surface area contributed by atoms with Crippen LogP contribution in [0.3, 0.4) is 0 Å². The van der Waals surface area contributed by atoms with E-state index < -0.39 is 0 Å². The van der Waals surface area contributed by atoms with Gasteiger partial charge < -0.3 is 10.0 Å². The highest BCUT2D eigenvalue weighted by Crippen LogP contribution is 2.08. The quantitative estimate of drug-likeness (QED) is 0.773. The van der Waals surface area contributed by atoms with Crippen molar-refractivity contribution >= 4 is 5.95 Å². The lowest BCUT2D eigenvalue weighted by molar-refractivity contribution is 0.276. The van der Waals surface area contributed by atoms with Gasteiger partial charge >= 0.3 is 0 Å². The van der Waals surface area contributed by atoms with Gasteiger partial charge in [-0.25, -0.2) is 9.97 Å². The third-order valence-corrected chi connectivity index (χ3v) is 2.13. The van der Waals surface area contributed by atoms with Gasteiger partial charge in [0.2, 0.25) is 5.95 Å². The first kappa shape index (κ1) is 11.9. The van der Waals surface area contributed by atoms with E-state index >= 15 is 0 Å². The summed E-state index contributed by atoms with van der Waals surface area (Å²) >= 11 is 0. The van der Waals surface area contributed by atoms with Gasteiger partial charge in [0.25, 0.3) is 0 Å². The highest BCUT2D eigenvalue weighted by molar-refractivity contribution is 5.29. The summed E-state index contributed by atoms with van der Waals surface area (Å²) in [4.78, 5) is 10.7. The minimum Gasteiger partial charge on any atom is -0.390 e. The topological polar surface area (TPSA) is 49.2 Å². The normalized spacial score (nSPS) is 10.3. The van der Waals surface area contributed by atoms with Crippen LogP contribution in [0.1, 0.15) is 32.4 Å². The Labute approximate surface area is 91.0 Å². The van der Waals surface area contributed by atoms with Crippen LogP contribution >= 0.6 is 0 Å². The van der Waals surface area contributed by atoms with Gasteiger partial charge in [-0.1, -0.05) is 13.8 Å². The van der Waals surface area contributed by atoms with Gasteiger partial charge in [0.05, 0.1) is 12.3 Å². The first-order valence-corrected chi connectivity index (χ1v) is 5.49. The van der Waals surface area contributed by atoms with Crippen molar-refractivity contribution in [3.63, 3.8) is 0 Å². The molecule has 0 aliphatic heterocycles. The van der Waals surface area contributed by atoms with Crippen molar-refractivity contribution in [2.24, 2.45) is 0 Å². The van der Waals surface area contributed by atoms with Crippen molar-refractivity contribution in [1.82, 2.24) is 9.97 Å². The Hall–Kier alpha value is -1.16. The first-order valence-electron chi connectivity index (χ1n) is 5.49. The van der Waals surface area contributed by atoms with Crippen LogP contribution in [0.25, 0.3) is 0 Å². The van der Waals surface area contributed by atoms with E-state index in [1.165, 1.54) is 0 Å². The molecule has 1 aromatic rings. The van der Waals surface area contributed by atoms with Gasteiger partial charge in [-0.2, -0.15) is 0 Å². The molecule has 15 heavy (non-hydrogen) atoms. The number of rotatable bonds is 6. The maximum Gasteiger partial charge on any atom is 0.225 e. The van der Waals surface area contributed by atoms with Crippen LogP contribution in [-0.4, -0.2) is 28.2 Å². The minimum atomic E-state index is -0.0262. The Morgan fingerprint density at radius 1 is 1.27 bits per heavy atom. The molecule has 0 amide bonds. The second-order valence-corrected chi connectivity index (χ2v) is 3.49. The molecular weight excluding hydrogens is 190 g/mol. The van der Waals surface area contributed by atoms with Crippen LogP contribution in [0.2, 0.25) is 0 Å². The minimum absolute atomic E-state index is 0.0262. The molecule has 0 atom stereocenters. The smallest absolute Gasteiger partial charge is 0.225 e. The fraction of sp³-hybridized carbons (Fsp3) is 0.636. The van der Waals surface area contributed by atoms with E-state index in [0.717, 1.165) is 31.9 Å². The van der Waals surface area contributed by atoms with E-state index in [1.807, 2.05) is 0 Å². The SMILES string of the molecule is CCCN(CCC)c1nccc(CO)n1. The Morgan fingerprint density at radius 2 is 1.93 bits per heavy atom. The molecule has 1 N–H and O–H groups in total. The predicted octanol–water partition coefficient (Wildman–Crippen LogP) is 1.60. The fourth-order valence-corrected chi connectivity index (χ4v) is 1.48. The second kappa shape index (κ2) is 6.35. The molecule has 0 saturated carbocycles. The Bertz CT molecular complexity index is 285. The molecular formula is C11H19N3O. The molecule has 0 fully saturated rings. The standard InChI is InChI=1S/C11H19N3O/c1-3-7-14(8-4-2)11-12-6-5-10(9-15)13-11/h5-6,15H,3-4,7-9H2,1-2H3. The lowest BCUT2D eigenvalue weighted by Crippen LogP contribution is -2.27. The number of aromatic nitrogens is 2. The average Bonchev–Trinajstić information content (AvgIpc) is 2.29. The summed E-state index contributed by atoms with van der Waals surface area (Å²) in [5, 5.41) is 8.99. The summed E-state index contributed by atoms with van der Waals surface area (Å²) in [6, 6.07) is 1.74. The summed E-state index contributed by atoms with van der Waals surface area (Å²) in [6.07, 6.45) is 3.85. The molecule has 0 spiro atoms. The van der Waals surface area contributed by atoms with E-state index in [1.54, 1.807) is 12.3 Å². The molecule has 4 nitrogen and oxygen atoms in total. The Kier molecular flexibility index (Phi) is 5.04. The molecule has 1 rings (SSSR count). The Balaban J connectivity index is 2.79. The van der Waals surface area contributed by atoms with Crippen LogP contribution in [0.5, 0.6) is 0 Å². The number of aliphatic hydroxyl groups excluding tert-OH is 1. The van der Waals surface area contributed by atoms with Gasteiger partial charge in [0, 0.05) is 19.3 Å². The third-order valence-electron chi connectivity index (χ3n) is 2.13. The second-order valence-electron chi connectivity index (χ2n) is 3.49. The summed E-state index contributed by atoms with van der Waals surface area (Å²) in [5.74, 6) is 0.727. The van der Waals surface area contributed by atoms with Crippen molar-refractivity contribution in [2.45, 2.75) is 33.3 Å². The van der Waals surface area contributed by atoms with E-state index in [0.29, 0.717) is 5.69 Å². The summed E-state index contributed by atoms with van der Waals surface area (Å²) in [6.45, 7) is 6.17. The molecule has 0 bridgehead atoms. The van der Waals surface area contributed by atoms with Gasteiger partial charge in [-0.05, 0) is 18.9 Å². The zero-order valence-corrected chi connectivity index (χ0v) is 9.48. The first-order chi connectivity index (χ1) is 7.31. The molecule has 0 radical (unpaired) electrons. The van der Waals surface area contributed by atoms with Crippen molar-refractivity contribution in [3.8, 4) is 0 Å². The van der Waals surface area contributed by atoms with Crippen LogP contribution in [0.15, 0.2) is 12.3 Å². The molecule has 0 aliphatic rings. The zero-order valence-electron chi connectivity index (χ0n) is 9.48. The number of hydrogen-bond acceptors (Lipinski definition) is 4. The molecule has 0 aromatic carbocycles. The highest BCUT2D eigenvalue weighted by Gasteiger charge is 2.07. The predicted molar refractivity (Wildman–Crippen MR) is 60.7 cm³/mol. The third kappa shape index (κ3) is 3.47. The fourth-order valence-electron chi connectivity index (χ4n) is 1.48. The molecule has 4 heteroatoms. The monoisotopic (exact) mass is 209 g/mol. The van der Waals surface area contributed by atoms with Crippen molar-refractivity contribution in [2.75, 3.05) is 18.0 Å². The molecule has 0 aliphatic carbocycles. The van der Waals surface area contributed by atoms with Crippen LogP contribution in [0.4, 0.5) is 5.95 Å². The largest absolute Gasteiger partial charge is 0.390 e. The number of anilines is 1. The van der Waals surface area contributed by atoms with Gasteiger partial charge in [-0.3, -0.25) is 0 Å². The van der Waals surface area contributed by atoms with Crippen LogP contribution in [-0.2, 0) is 6.61 Å². The van der Waals surface area contributed by atoms with Crippen LogP contribution in [0, 0.1) is 0 Å². The van der Waals surface area contributed by atoms with E-state index in [-0.39, 0.29) is 6.61 Å². The van der Waals surface area contributed by atoms with Crippen LogP contribution < -0.4 is 4.90 Å². The van der Waals surface area contributed by atoms with Crippen molar-refractivity contribution in [3.05, 3.63) is 18.0 Å². The van der Waals surface area contributed by atoms with Gasteiger partial charge in [0.15, 0.2) is 0 Å². The molecule has 1 aromatic heterocycles. The number of hydrogen-bond donors (Lipinski definition) is 1. The van der Waals surface area contributed by atoms with Crippen molar-refractivity contribution in [1.29, 1.82) is 0 Å². The average molecular weight is 209 g/mol.